The van der Waals surface area contributed by atoms with Crippen LogP contribution in [0, 0.1) is 13.8 Å². The molecule has 0 aliphatic carbocycles. The minimum absolute atomic E-state index is 0.131. The van der Waals surface area contributed by atoms with Gasteiger partial charge in [0.2, 0.25) is 0 Å². The topological polar surface area (TPSA) is 71.5 Å². The van der Waals surface area contributed by atoms with Gasteiger partial charge in [0.05, 0.1) is 7.11 Å². The molecule has 6 nitrogen and oxygen atoms in total. The monoisotopic (exact) mass is 367 g/mol. The number of aromatic nitrogens is 1. The SMILES string of the molecule is COC(=O)[C@@H]1C[C@H](NC(=O)c2ccccn2)CN1Cc1cc(C)ccc1C. The molecular formula is C21H25N3O3. The number of esters is 1. The van der Waals surface area contributed by atoms with Gasteiger partial charge >= 0.3 is 5.97 Å². The number of carbonyl (C=O) groups excluding carboxylic acids is 2. The van der Waals surface area contributed by atoms with Crippen LogP contribution in [0.5, 0.6) is 0 Å². The lowest BCUT2D eigenvalue weighted by molar-refractivity contribution is -0.146. The number of methoxy groups -OCH3 is 1. The number of carbonyl (C=O) groups is 2. The number of rotatable bonds is 5. The van der Waals surface area contributed by atoms with Crippen LogP contribution in [-0.2, 0) is 16.1 Å². The van der Waals surface area contributed by atoms with Crippen LogP contribution < -0.4 is 5.32 Å². The van der Waals surface area contributed by atoms with E-state index in [2.05, 4.69) is 47.2 Å². The van der Waals surface area contributed by atoms with Crippen molar-refractivity contribution >= 4 is 11.9 Å². The molecule has 2 atom stereocenters. The van der Waals surface area contributed by atoms with Crippen LogP contribution in [0.2, 0.25) is 0 Å². The summed E-state index contributed by atoms with van der Waals surface area (Å²) in [6, 6.07) is 11.0. The van der Waals surface area contributed by atoms with Crippen molar-refractivity contribution in [1.82, 2.24) is 15.2 Å². The zero-order chi connectivity index (χ0) is 19.4. The van der Waals surface area contributed by atoms with Gasteiger partial charge in [0, 0.05) is 25.3 Å². The number of nitrogens with zero attached hydrogens (tertiary/aromatic N) is 2. The Bertz CT molecular complexity index is 823. The van der Waals surface area contributed by atoms with Crippen LogP contribution in [0.1, 0.15) is 33.6 Å². The lowest BCUT2D eigenvalue weighted by Gasteiger charge is -2.23. The summed E-state index contributed by atoms with van der Waals surface area (Å²) in [5.74, 6) is -0.493. The number of pyridine rings is 1. The standard InChI is InChI=1S/C21H25N3O3/c1-14-7-8-15(2)16(10-14)12-24-13-17(11-19(24)21(26)27-3)23-20(25)18-6-4-5-9-22-18/h4-10,17,19H,11-13H2,1-3H3,(H,23,25)/t17-,19-/m0/s1. The van der Waals surface area contributed by atoms with Gasteiger partial charge < -0.3 is 10.1 Å². The number of hydrogen-bond acceptors (Lipinski definition) is 5. The third-order valence-corrected chi connectivity index (χ3v) is 4.99. The number of likely N-dealkylation sites (tertiary alicyclic amines) is 1. The highest BCUT2D eigenvalue weighted by molar-refractivity contribution is 5.92. The predicted molar refractivity (Wildman–Crippen MR) is 102 cm³/mol. The summed E-state index contributed by atoms with van der Waals surface area (Å²) in [7, 11) is 1.40. The molecule has 0 radical (unpaired) electrons. The first-order valence-electron chi connectivity index (χ1n) is 9.08. The van der Waals surface area contributed by atoms with Crippen LogP contribution in [0.4, 0.5) is 0 Å². The van der Waals surface area contributed by atoms with Crippen molar-refractivity contribution in [2.24, 2.45) is 0 Å². The van der Waals surface area contributed by atoms with Gasteiger partial charge in [-0.3, -0.25) is 19.5 Å². The largest absolute Gasteiger partial charge is 0.468 e. The van der Waals surface area contributed by atoms with Gasteiger partial charge in [0.1, 0.15) is 11.7 Å². The number of amides is 1. The number of benzene rings is 1. The van der Waals surface area contributed by atoms with Crippen molar-refractivity contribution in [2.45, 2.75) is 38.9 Å². The van der Waals surface area contributed by atoms with Crippen LogP contribution >= 0.6 is 0 Å². The molecule has 6 heteroatoms. The Kier molecular flexibility index (Phi) is 5.86. The molecule has 27 heavy (non-hydrogen) atoms. The number of nitrogens with one attached hydrogen (secondary N) is 1. The van der Waals surface area contributed by atoms with Crippen molar-refractivity contribution in [1.29, 1.82) is 0 Å². The summed E-state index contributed by atoms with van der Waals surface area (Å²) in [5, 5.41) is 2.99. The summed E-state index contributed by atoms with van der Waals surface area (Å²) >= 11 is 0. The maximum Gasteiger partial charge on any atom is 0.323 e. The lowest BCUT2D eigenvalue weighted by Crippen LogP contribution is -2.38. The van der Waals surface area contributed by atoms with Crippen molar-refractivity contribution in [3.8, 4) is 0 Å². The third kappa shape index (κ3) is 4.52. The molecule has 0 saturated carbocycles. The fourth-order valence-corrected chi connectivity index (χ4v) is 3.51. The molecule has 2 aromatic rings. The molecule has 1 amide bonds. The molecule has 0 spiro atoms. The molecule has 0 unspecified atom stereocenters. The lowest BCUT2D eigenvalue weighted by atomic mass is 10.0. The highest BCUT2D eigenvalue weighted by Gasteiger charge is 2.38. The highest BCUT2D eigenvalue weighted by Crippen LogP contribution is 2.24. The van der Waals surface area contributed by atoms with Gasteiger partial charge in [-0.1, -0.05) is 29.8 Å². The van der Waals surface area contributed by atoms with Crippen LogP contribution in [0.15, 0.2) is 42.6 Å². The first kappa shape index (κ1) is 19.0. The molecule has 3 rings (SSSR count). The van der Waals surface area contributed by atoms with E-state index in [1.165, 1.54) is 23.8 Å². The Morgan fingerprint density at radius 1 is 1.26 bits per heavy atom. The van der Waals surface area contributed by atoms with Crippen LogP contribution in [-0.4, -0.2) is 47.5 Å². The summed E-state index contributed by atoms with van der Waals surface area (Å²) in [4.78, 5) is 30.8. The number of aryl methyl sites for hydroxylation is 2. The minimum Gasteiger partial charge on any atom is -0.468 e. The molecule has 1 fully saturated rings. The first-order valence-corrected chi connectivity index (χ1v) is 9.08. The molecule has 142 valence electrons. The van der Waals surface area contributed by atoms with E-state index in [4.69, 9.17) is 4.74 Å². The molecule has 1 aliphatic rings. The fraction of sp³-hybridized carbons (Fsp3) is 0.381. The Balaban J connectivity index is 1.73. The van der Waals surface area contributed by atoms with Crippen LogP contribution in [0.3, 0.4) is 0 Å². The fourth-order valence-electron chi connectivity index (χ4n) is 3.51. The Hall–Kier alpha value is -2.73. The number of hydrogen-bond donors (Lipinski definition) is 1. The smallest absolute Gasteiger partial charge is 0.323 e. The molecule has 0 bridgehead atoms. The van der Waals surface area contributed by atoms with E-state index < -0.39 is 0 Å². The summed E-state index contributed by atoms with van der Waals surface area (Å²) in [6.07, 6.45) is 2.11. The van der Waals surface area contributed by atoms with E-state index in [1.54, 1.807) is 24.4 Å². The maximum absolute atomic E-state index is 12.4. The van der Waals surface area contributed by atoms with Crippen molar-refractivity contribution in [3.63, 3.8) is 0 Å². The Labute approximate surface area is 159 Å². The highest BCUT2D eigenvalue weighted by atomic mass is 16.5. The second kappa shape index (κ2) is 8.31. The zero-order valence-electron chi connectivity index (χ0n) is 15.9. The molecule has 1 N–H and O–H groups in total. The quantitative estimate of drug-likeness (QED) is 0.821. The Morgan fingerprint density at radius 2 is 2.07 bits per heavy atom. The second-order valence-corrected chi connectivity index (χ2v) is 7.02. The summed E-state index contributed by atoms with van der Waals surface area (Å²) in [6.45, 7) is 5.36. The van der Waals surface area contributed by atoms with Crippen molar-refractivity contribution in [2.75, 3.05) is 13.7 Å². The van der Waals surface area contributed by atoms with Gasteiger partial charge in [-0.05, 0) is 43.5 Å². The van der Waals surface area contributed by atoms with Gasteiger partial charge in [-0.2, -0.15) is 0 Å². The van der Waals surface area contributed by atoms with E-state index in [0.29, 0.717) is 25.2 Å². The Morgan fingerprint density at radius 3 is 2.78 bits per heavy atom. The number of ether oxygens (including phenoxy) is 1. The first-order chi connectivity index (χ1) is 13.0. The predicted octanol–water partition coefficient (Wildman–Crippen LogP) is 2.24. The second-order valence-electron chi connectivity index (χ2n) is 7.02. The van der Waals surface area contributed by atoms with Gasteiger partial charge in [0.25, 0.3) is 5.91 Å². The van der Waals surface area contributed by atoms with E-state index in [1.807, 2.05) is 0 Å². The normalized spacial score (nSPS) is 19.7. The zero-order valence-corrected chi connectivity index (χ0v) is 15.9. The van der Waals surface area contributed by atoms with Crippen LogP contribution in [0.25, 0.3) is 0 Å². The third-order valence-electron chi connectivity index (χ3n) is 4.99. The van der Waals surface area contributed by atoms with E-state index in [0.717, 1.165) is 0 Å². The molecular weight excluding hydrogens is 342 g/mol. The molecule has 1 saturated heterocycles. The average Bonchev–Trinajstić information content (AvgIpc) is 3.07. The van der Waals surface area contributed by atoms with Crippen molar-refractivity contribution < 1.29 is 14.3 Å². The molecule has 1 aromatic heterocycles. The van der Waals surface area contributed by atoms with Gasteiger partial charge in [0.15, 0.2) is 0 Å². The molecule has 1 aliphatic heterocycles. The summed E-state index contributed by atoms with van der Waals surface area (Å²) < 4.78 is 4.99. The molecule has 1 aromatic carbocycles. The van der Waals surface area contributed by atoms with Gasteiger partial charge in [-0.25, -0.2) is 0 Å². The average molecular weight is 367 g/mol. The minimum atomic E-state index is -0.371. The van der Waals surface area contributed by atoms with E-state index in [9.17, 15) is 9.59 Å². The van der Waals surface area contributed by atoms with E-state index >= 15 is 0 Å². The van der Waals surface area contributed by atoms with Gasteiger partial charge in [-0.15, -0.1) is 0 Å². The van der Waals surface area contributed by atoms with Crippen molar-refractivity contribution in [3.05, 3.63) is 65.0 Å². The summed E-state index contributed by atoms with van der Waals surface area (Å²) in [5.41, 5.74) is 3.93. The van der Waals surface area contributed by atoms with E-state index in [-0.39, 0.29) is 24.0 Å². The maximum atomic E-state index is 12.4. The molecule has 2 heterocycles.